The quantitative estimate of drug-likeness (QED) is 0.439. The Hall–Kier alpha value is -1.85. The van der Waals surface area contributed by atoms with Gasteiger partial charge in [-0.15, -0.1) is 0 Å². The molecule has 5 heteroatoms. The molecule has 4 nitrogen and oxygen atoms in total. The van der Waals surface area contributed by atoms with Gasteiger partial charge in [0.1, 0.15) is 11.3 Å². The second-order valence-corrected chi connectivity index (χ2v) is 14.6. The monoisotopic (exact) mass is 401 g/mol. The Morgan fingerprint density at radius 1 is 0.964 bits per heavy atom. The highest BCUT2D eigenvalue weighted by molar-refractivity contribution is 6.74. The molecule has 1 aromatic carbocycles. The van der Waals surface area contributed by atoms with Gasteiger partial charge in [0.2, 0.25) is 0 Å². The first kappa shape index (κ1) is 22.4. The Kier molecular flexibility index (Phi) is 6.61. The summed E-state index contributed by atoms with van der Waals surface area (Å²) in [6, 6.07) is 14.0. The number of carbonyl (C=O) groups is 1. The van der Waals surface area contributed by atoms with Gasteiger partial charge in [0, 0.05) is 12.2 Å². The predicted octanol–water partition coefficient (Wildman–Crippen LogP) is 6.01. The molecule has 0 atom stereocenters. The number of benzene rings is 1. The number of ether oxygens (including phenoxy) is 1. The van der Waals surface area contributed by atoms with Crippen LogP contribution in [-0.4, -0.2) is 24.5 Å². The fourth-order valence-electron chi connectivity index (χ4n) is 2.57. The number of rotatable bonds is 6. The third-order valence-corrected chi connectivity index (χ3v) is 9.73. The minimum absolute atomic E-state index is 0.137. The number of carbonyl (C=O) groups excluding carboxylic acids is 1. The Labute approximate surface area is 171 Å². The van der Waals surface area contributed by atoms with Crippen molar-refractivity contribution in [2.75, 3.05) is 0 Å². The van der Waals surface area contributed by atoms with Crippen LogP contribution in [0.15, 0.2) is 42.5 Å². The minimum Gasteiger partial charge on any atom is -0.455 e. The van der Waals surface area contributed by atoms with E-state index in [9.17, 15) is 4.79 Å². The maximum Gasteiger partial charge on any atom is 0.355 e. The first-order valence-corrected chi connectivity index (χ1v) is 12.8. The molecule has 0 radical (unpaired) electrons. The molecule has 0 bridgehead atoms. The Morgan fingerprint density at radius 3 is 2.11 bits per heavy atom. The summed E-state index contributed by atoms with van der Waals surface area (Å²) in [5.74, 6) is -0.304. The van der Waals surface area contributed by atoms with Gasteiger partial charge in [0.15, 0.2) is 8.32 Å². The average Bonchev–Trinajstić information content (AvgIpc) is 2.94. The van der Waals surface area contributed by atoms with Gasteiger partial charge in [-0.05, 0) is 56.6 Å². The van der Waals surface area contributed by atoms with Crippen molar-refractivity contribution < 1.29 is 14.0 Å². The van der Waals surface area contributed by atoms with E-state index >= 15 is 0 Å². The van der Waals surface area contributed by atoms with Crippen molar-refractivity contribution in [3.05, 3.63) is 59.4 Å². The second-order valence-electron chi connectivity index (χ2n) is 9.83. The van der Waals surface area contributed by atoms with Gasteiger partial charge in [-0.1, -0.05) is 51.1 Å². The summed E-state index contributed by atoms with van der Waals surface area (Å²) in [5.41, 5.74) is 2.16. The highest BCUT2D eigenvalue weighted by atomic mass is 28.4. The van der Waals surface area contributed by atoms with E-state index < -0.39 is 13.9 Å². The zero-order chi connectivity index (χ0) is 21.2. The van der Waals surface area contributed by atoms with E-state index in [4.69, 9.17) is 9.16 Å². The zero-order valence-electron chi connectivity index (χ0n) is 18.6. The summed E-state index contributed by atoms with van der Waals surface area (Å²) in [4.78, 5) is 12.8. The highest BCUT2D eigenvalue weighted by Crippen LogP contribution is 2.37. The summed E-state index contributed by atoms with van der Waals surface area (Å²) in [7, 11) is -1.89. The summed E-state index contributed by atoms with van der Waals surface area (Å²) >= 11 is 0. The zero-order valence-corrected chi connectivity index (χ0v) is 19.6. The van der Waals surface area contributed by atoms with Crippen LogP contribution in [0.4, 0.5) is 0 Å². The van der Waals surface area contributed by atoms with Crippen molar-refractivity contribution in [2.45, 2.75) is 78.4 Å². The maximum atomic E-state index is 12.8. The summed E-state index contributed by atoms with van der Waals surface area (Å²) in [6.45, 7) is 17.9. The highest BCUT2D eigenvalue weighted by Gasteiger charge is 2.37. The topological polar surface area (TPSA) is 40.5 Å². The van der Waals surface area contributed by atoms with Crippen molar-refractivity contribution >= 4 is 14.3 Å². The molecule has 0 aliphatic rings. The van der Waals surface area contributed by atoms with Gasteiger partial charge in [0.05, 0.1) is 6.61 Å². The lowest BCUT2D eigenvalue weighted by atomic mass is 10.2. The van der Waals surface area contributed by atoms with Gasteiger partial charge < -0.3 is 13.7 Å². The molecular formula is C23H35NO3Si. The van der Waals surface area contributed by atoms with Crippen molar-refractivity contribution in [3.8, 4) is 0 Å². The molecule has 0 spiro atoms. The third-order valence-electron chi connectivity index (χ3n) is 5.25. The van der Waals surface area contributed by atoms with Crippen LogP contribution in [0.2, 0.25) is 18.1 Å². The lowest BCUT2D eigenvalue weighted by Crippen LogP contribution is -2.40. The lowest BCUT2D eigenvalue weighted by Gasteiger charge is -2.36. The van der Waals surface area contributed by atoms with E-state index in [0.29, 0.717) is 18.8 Å². The van der Waals surface area contributed by atoms with Crippen LogP contribution >= 0.6 is 0 Å². The summed E-state index contributed by atoms with van der Waals surface area (Å²) < 4.78 is 14.1. The minimum atomic E-state index is -1.89. The standard InChI is InChI=1S/C23H35NO3Si/c1-22(2,3)27-21(25)20-15-14-19(17-26-28(7,8)23(4,5)6)24(20)16-18-12-10-9-11-13-18/h9-15H,16-17H2,1-8H3. The molecule has 0 saturated carbocycles. The van der Waals surface area contributed by atoms with Gasteiger partial charge in [-0.25, -0.2) is 4.79 Å². The van der Waals surface area contributed by atoms with E-state index in [-0.39, 0.29) is 11.0 Å². The number of hydrogen-bond donors (Lipinski definition) is 0. The fraction of sp³-hybridized carbons (Fsp3) is 0.522. The van der Waals surface area contributed by atoms with Crippen molar-refractivity contribution in [1.29, 1.82) is 0 Å². The molecule has 0 unspecified atom stereocenters. The van der Waals surface area contributed by atoms with Gasteiger partial charge >= 0.3 is 5.97 Å². The van der Waals surface area contributed by atoms with Crippen LogP contribution in [0.5, 0.6) is 0 Å². The molecule has 0 aliphatic heterocycles. The molecule has 0 amide bonds. The molecule has 1 heterocycles. The van der Waals surface area contributed by atoms with E-state index in [2.05, 4.69) is 46.0 Å². The molecule has 0 saturated heterocycles. The van der Waals surface area contributed by atoms with E-state index in [1.807, 2.05) is 55.7 Å². The molecule has 154 valence electrons. The Balaban J connectivity index is 2.33. The van der Waals surface area contributed by atoms with E-state index in [1.54, 1.807) is 0 Å². The molecule has 28 heavy (non-hydrogen) atoms. The van der Waals surface area contributed by atoms with Crippen molar-refractivity contribution in [3.63, 3.8) is 0 Å². The third kappa shape index (κ3) is 5.82. The van der Waals surface area contributed by atoms with Crippen LogP contribution < -0.4 is 0 Å². The number of aromatic nitrogens is 1. The maximum absolute atomic E-state index is 12.8. The molecule has 1 aromatic heterocycles. The average molecular weight is 402 g/mol. The van der Waals surface area contributed by atoms with E-state index in [1.165, 1.54) is 0 Å². The number of esters is 1. The first-order chi connectivity index (χ1) is 12.8. The fourth-order valence-corrected chi connectivity index (χ4v) is 3.51. The van der Waals surface area contributed by atoms with Crippen LogP contribution in [0.1, 0.15) is 63.3 Å². The van der Waals surface area contributed by atoms with Crippen LogP contribution in [0, 0.1) is 0 Å². The Morgan fingerprint density at radius 2 is 1.57 bits per heavy atom. The molecule has 0 fully saturated rings. The van der Waals surface area contributed by atoms with Crippen LogP contribution in [0.25, 0.3) is 0 Å². The molecular weight excluding hydrogens is 366 g/mol. The molecule has 2 rings (SSSR count). The largest absolute Gasteiger partial charge is 0.455 e. The summed E-state index contributed by atoms with van der Waals surface area (Å²) in [6.07, 6.45) is 0. The lowest BCUT2D eigenvalue weighted by molar-refractivity contribution is 0.00576. The van der Waals surface area contributed by atoms with Crippen LogP contribution in [0.3, 0.4) is 0 Å². The van der Waals surface area contributed by atoms with Gasteiger partial charge in [0.25, 0.3) is 0 Å². The predicted molar refractivity (Wildman–Crippen MR) is 117 cm³/mol. The number of nitrogens with zero attached hydrogens (tertiary/aromatic N) is 1. The van der Waals surface area contributed by atoms with Crippen LogP contribution in [-0.2, 0) is 22.3 Å². The van der Waals surface area contributed by atoms with E-state index in [0.717, 1.165) is 11.3 Å². The Bertz CT molecular complexity index is 795. The molecule has 0 N–H and O–H groups in total. The molecule has 2 aromatic rings. The SMILES string of the molecule is CC(C)(C)OC(=O)c1ccc(CO[Si](C)(C)C(C)(C)C)n1Cc1ccccc1. The second kappa shape index (κ2) is 8.25. The molecule has 0 aliphatic carbocycles. The smallest absolute Gasteiger partial charge is 0.355 e. The summed E-state index contributed by atoms with van der Waals surface area (Å²) in [5, 5.41) is 0.137. The number of hydrogen-bond acceptors (Lipinski definition) is 3. The van der Waals surface area contributed by atoms with Crippen molar-refractivity contribution in [2.24, 2.45) is 0 Å². The normalized spacial score (nSPS) is 12.9. The van der Waals surface area contributed by atoms with Gasteiger partial charge in [-0.2, -0.15) is 0 Å². The van der Waals surface area contributed by atoms with Crippen molar-refractivity contribution in [1.82, 2.24) is 4.57 Å². The van der Waals surface area contributed by atoms with Gasteiger partial charge in [-0.3, -0.25) is 0 Å². The first-order valence-electron chi connectivity index (χ1n) is 9.90.